The van der Waals surface area contributed by atoms with Crippen LogP contribution in [0, 0.1) is 6.92 Å². The fourth-order valence-corrected chi connectivity index (χ4v) is 4.73. The van der Waals surface area contributed by atoms with E-state index in [1.807, 2.05) is 11.8 Å². The average molecular weight is 299 g/mol. The molecule has 0 spiro atoms. The predicted molar refractivity (Wildman–Crippen MR) is 93.5 cm³/mol. The van der Waals surface area contributed by atoms with Crippen molar-refractivity contribution in [3.05, 3.63) is 66.2 Å². The van der Waals surface area contributed by atoms with Gasteiger partial charge in [0.15, 0.2) is 0 Å². The van der Waals surface area contributed by atoms with Crippen molar-refractivity contribution in [3.8, 4) is 11.1 Å². The van der Waals surface area contributed by atoms with Crippen LogP contribution < -0.4 is 0 Å². The molecule has 3 aromatic carbocycles. The molecule has 2 heteroatoms. The molecule has 0 atom stereocenters. The molecule has 104 valence electrons. The fraction of sp³-hybridized carbons (Fsp3) is 0.0500. The molecule has 2 heterocycles. The van der Waals surface area contributed by atoms with E-state index in [1.54, 1.807) is 0 Å². The summed E-state index contributed by atoms with van der Waals surface area (Å²) in [4.78, 5) is 7.56. The van der Waals surface area contributed by atoms with E-state index in [0.717, 1.165) is 11.0 Å². The number of aryl methyl sites for hydroxylation is 1. The van der Waals surface area contributed by atoms with Crippen molar-refractivity contribution >= 4 is 33.6 Å². The Kier molecular flexibility index (Phi) is 2.42. The lowest BCUT2D eigenvalue weighted by molar-refractivity contribution is 1.33. The lowest BCUT2D eigenvalue weighted by Crippen LogP contribution is -1.97. The molecule has 1 aromatic heterocycles. The van der Waals surface area contributed by atoms with Crippen molar-refractivity contribution < 1.29 is 0 Å². The normalized spacial score (nSPS) is 12.6. The lowest BCUT2D eigenvalue weighted by atomic mass is 9.95. The highest BCUT2D eigenvalue weighted by Gasteiger charge is 2.22. The highest BCUT2D eigenvalue weighted by molar-refractivity contribution is 8.00. The summed E-state index contributed by atoms with van der Waals surface area (Å²) in [5, 5.41) is 2.55. The van der Waals surface area contributed by atoms with Crippen LogP contribution in [0.25, 0.3) is 32.9 Å². The second-order valence-corrected chi connectivity index (χ2v) is 6.76. The summed E-state index contributed by atoms with van der Waals surface area (Å²) >= 11 is 1.88. The average Bonchev–Trinajstić information content (AvgIpc) is 2.55. The Hall–Kier alpha value is -2.32. The maximum Gasteiger partial charge on any atom is 0.0727 e. The first-order valence-electron chi connectivity index (χ1n) is 7.42. The van der Waals surface area contributed by atoms with Gasteiger partial charge in [0, 0.05) is 20.6 Å². The minimum absolute atomic E-state index is 1.07. The minimum atomic E-state index is 1.07. The molecule has 0 unspecified atom stereocenters. The van der Waals surface area contributed by atoms with Gasteiger partial charge in [-0.2, -0.15) is 0 Å². The zero-order valence-corrected chi connectivity index (χ0v) is 12.9. The molecule has 0 amide bonds. The van der Waals surface area contributed by atoms with Crippen LogP contribution in [0.3, 0.4) is 0 Å². The molecule has 22 heavy (non-hydrogen) atoms. The second kappa shape index (κ2) is 4.34. The van der Waals surface area contributed by atoms with E-state index in [9.17, 15) is 0 Å². The number of fused-ring (bicyclic) bond motifs is 4. The number of aromatic nitrogens is 1. The predicted octanol–water partition coefficient (Wildman–Crippen LogP) is 5.83. The topological polar surface area (TPSA) is 12.9 Å². The number of nitrogens with zero attached hydrogens (tertiary/aromatic N) is 1. The Balaban J connectivity index is 2.05. The zero-order chi connectivity index (χ0) is 14.7. The van der Waals surface area contributed by atoms with E-state index >= 15 is 0 Å². The van der Waals surface area contributed by atoms with Gasteiger partial charge in [-0.25, -0.2) is 4.98 Å². The molecule has 0 aliphatic carbocycles. The minimum Gasteiger partial charge on any atom is -0.248 e. The molecular formula is C20H13NS. The van der Waals surface area contributed by atoms with Crippen molar-refractivity contribution in [2.45, 2.75) is 16.7 Å². The Labute approximate surface area is 133 Å². The largest absolute Gasteiger partial charge is 0.248 e. The summed E-state index contributed by atoms with van der Waals surface area (Å²) in [6, 6.07) is 21.5. The van der Waals surface area contributed by atoms with Crippen LogP contribution in [-0.2, 0) is 0 Å². The first-order chi connectivity index (χ1) is 10.8. The van der Waals surface area contributed by atoms with Gasteiger partial charge >= 0.3 is 0 Å². The van der Waals surface area contributed by atoms with Crippen LogP contribution in [0.15, 0.2) is 70.5 Å². The van der Waals surface area contributed by atoms with Gasteiger partial charge in [-0.1, -0.05) is 54.2 Å². The van der Waals surface area contributed by atoms with Gasteiger partial charge in [0.05, 0.1) is 11.0 Å². The Morgan fingerprint density at radius 1 is 0.818 bits per heavy atom. The van der Waals surface area contributed by atoms with E-state index in [4.69, 9.17) is 4.98 Å². The first-order valence-corrected chi connectivity index (χ1v) is 8.24. The molecular weight excluding hydrogens is 286 g/mol. The van der Waals surface area contributed by atoms with Gasteiger partial charge in [-0.05, 0) is 41.8 Å². The lowest BCUT2D eigenvalue weighted by Gasteiger charge is -2.22. The summed E-state index contributed by atoms with van der Waals surface area (Å²) in [6.07, 6.45) is 0. The molecule has 1 aliphatic heterocycles. The number of hydrogen-bond donors (Lipinski definition) is 0. The molecule has 4 aromatic rings. The summed E-state index contributed by atoms with van der Waals surface area (Å²) in [6.45, 7) is 2.19. The SMILES string of the molecule is Cc1cccc2c1-c1cccc3nc4ccccc4c(c13)S2. The summed E-state index contributed by atoms with van der Waals surface area (Å²) < 4.78 is 0. The smallest absolute Gasteiger partial charge is 0.0727 e. The van der Waals surface area contributed by atoms with Gasteiger partial charge in [-0.15, -0.1) is 0 Å². The van der Waals surface area contributed by atoms with Crippen molar-refractivity contribution in [3.63, 3.8) is 0 Å². The molecule has 0 N–H and O–H groups in total. The number of pyridine rings is 1. The van der Waals surface area contributed by atoms with Crippen LogP contribution in [0.5, 0.6) is 0 Å². The van der Waals surface area contributed by atoms with Crippen LogP contribution in [0.2, 0.25) is 0 Å². The molecule has 0 radical (unpaired) electrons. The van der Waals surface area contributed by atoms with Crippen molar-refractivity contribution in [1.29, 1.82) is 0 Å². The monoisotopic (exact) mass is 299 g/mol. The first kappa shape index (κ1) is 12.2. The van der Waals surface area contributed by atoms with Crippen LogP contribution in [0.1, 0.15) is 5.56 Å². The maximum atomic E-state index is 4.87. The third kappa shape index (κ3) is 1.53. The number of para-hydroxylation sites is 1. The fourth-order valence-electron chi connectivity index (χ4n) is 3.39. The van der Waals surface area contributed by atoms with Crippen LogP contribution in [-0.4, -0.2) is 4.98 Å². The maximum absolute atomic E-state index is 4.87. The molecule has 0 saturated carbocycles. The summed E-state index contributed by atoms with van der Waals surface area (Å²) in [7, 11) is 0. The second-order valence-electron chi connectivity index (χ2n) is 5.71. The van der Waals surface area contributed by atoms with Gasteiger partial charge in [-0.3, -0.25) is 0 Å². The molecule has 1 nitrogen and oxygen atoms in total. The van der Waals surface area contributed by atoms with Crippen molar-refractivity contribution in [2.75, 3.05) is 0 Å². The third-order valence-electron chi connectivity index (χ3n) is 4.38. The van der Waals surface area contributed by atoms with E-state index in [-0.39, 0.29) is 0 Å². The Morgan fingerprint density at radius 3 is 2.59 bits per heavy atom. The van der Waals surface area contributed by atoms with Crippen molar-refractivity contribution in [2.24, 2.45) is 0 Å². The molecule has 0 fully saturated rings. The molecule has 0 saturated heterocycles. The van der Waals surface area contributed by atoms with Gasteiger partial charge in [0.1, 0.15) is 0 Å². The highest BCUT2D eigenvalue weighted by Crippen LogP contribution is 2.50. The van der Waals surface area contributed by atoms with Gasteiger partial charge < -0.3 is 0 Å². The summed E-state index contributed by atoms with van der Waals surface area (Å²) in [5.74, 6) is 0. The van der Waals surface area contributed by atoms with E-state index in [1.165, 1.54) is 37.3 Å². The van der Waals surface area contributed by atoms with Crippen molar-refractivity contribution in [1.82, 2.24) is 4.98 Å². The van der Waals surface area contributed by atoms with E-state index in [2.05, 4.69) is 67.6 Å². The Morgan fingerprint density at radius 2 is 1.64 bits per heavy atom. The Bertz CT molecular complexity index is 1070. The number of benzene rings is 3. The number of rotatable bonds is 0. The van der Waals surface area contributed by atoms with Crippen LogP contribution >= 0.6 is 11.8 Å². The van der Waals surface area contributed by atoms with E-state index < -0.39 is 0 Å². The van der Waals surface area contributed by atoms with Gasteiger partial charge in [0.25, 0.3) is 0 Å². The standard InChI is InChI=1S/C20H13NS/c1-12-6-4-11-17-18(12)14-8-5-10-16-19(14)20(22-17)13-7-2-3-9-15(13)21-16/h2-11H,1H3. The van der Waals surface area contributed by atoms with E-state index in [0.29, 0.717) is 0 Å². The molecule has 1 aliphatic rings. The molecule has 0 bridgehead atoms. The summed E-state index contributed by atoms with van der Waals surface area (Å²) in [5.41, 5.74) is 6.18. The molecule has 5 rings (SSSR count). The third-order valence-corrected chi connectivity index (χ3v) is 5.56. The van der Waals surface area contributed by atoms with Gasteiger partial charge in [0.2, 0.25) is 0 Å². The number of hydrogen-bond acceptors (Lipinski definition) is 2. The quantitative estimate of drug-likeness (QED) is 0.334. The van der Waals surface area contributed by atoms with Crippen LogP contribution in [0.4, 0.5) is 0 Å². The highest BCUT2D eigenvalue weighted by atomic mass is 32.2. The zero-order valence-electron chi connectivity index (χ0n) is 12.1.